The number of ether oxygens (including phenoxy) is 1. The van der Waals surface area contributed by atoms with Gasteiger partial charge in [0.2, 0.25) is 0 Å². The van der Waals surface area contributed by atoms with E-state index in [0.29, 0.717) is 5.69 Å². The summed E-state index contributed by atoms with van der Waals surface area (Å²) in [6.07, 6.45) is 0.197. The highest BCUT2D eigenvalue weighted by Crippen LogP contribution is 2.19. The summed E-state index contributed by atoms with van der Waals surface area (Å²) in [7, 11) is 0. The number of rotatable bonds is 5. The lowest BCUT2D eigenvalue weighted by Crippen LogP contribution is -2.21. The summed E-state index contributed by atoms with van der Waals surface area (Å²) >= 11 is 4.88. The molecule has 2 aromatic rings. The molecular weight excluding hydrogens is 354 g/mol. The van der Waals surface area contributed by atoms with Crippen LogP contribution in [-0.2, 0) is 20.7 Å². The van der Waals surface area contributed by atoms with Crippen LogP contribution in [0.25, 0.3) is 0 Å². The monoisotopic (exact) mass is 367 g/mol. The number of anilines is 1. The average molecular weight is 368 g/mol. The van der Waals surface area contributed by atoms with Gasteiger partial charge in [-0.15, -0.1) is 11.3 Å². The third-order valence-corrected chi connectivity index (χ3v) is 4.47. The van der Waals surface area contributed by atoms with Gasteiger partial charge in [0.15, 0.2) is 6.61 Å². The second-order valence-corrected chi connectivity index (χ2v) is 6.32. The number of benzene rings is 1. The van der Waals surface area contributed by atoms with E-state index in [4.69, 9.17) is 4.74 Å². The topological polar surface area (TPSA) is 55.4 Å². The summed E-state index contributed by atoms with van der Waals surface area (Å²) in [5.41, 5.74) is 1.69. The zero-order chi connectivity index (χ0) is 15.2. The van der Waals surface area contributed by atoms with Crippen molar-refractivity contribution in [3.63, 3.8) is 0 Å². The number of hydrogen-bond acceptors (Lipinski definition) is 4. The predicted octanol–water partition coefficient (Wildman–Crippen LogP) is 3.54. The third-order valence-electron chi connectivity index (χ3n) is 2.70. The van der Waals surface area contributed by atoms with Gasteiger partial charge in [-0.25, -0.2) is 0 Å². The lowest BCUT2D eigenvalue weighted by molar-refractivity contribution is -0.146. The van der Waals surface area contributed by atoms with Crippen molar-refractivity contribution in [3.8, 4) is 0 Å². The molecule has 0 radical (unpaired) electrons. The first-order valence-electron chi connectivity index (χ1n) is 6.28. The summed E-state index contributed by atoms with van der Waals surface area (Å²) in [4.78, 5) is 24.2. The molecule has 0 bridgehead atoms. The van der Waals surface area contributed by atoms with Gasteiger partial charge in [0.1, 0.15) is 0 Å². The molecule has 1 N–H and O–H groups in total. The molecule has 0 aliphatic carbocycles. The molecule has 6 heteroatoms. The highest BCUT2D eigenvalue weighted by Gasteiger charge is 2.09. The fraction of sp³-hybridized carbons (Fsp3) is 0.200. The lowest BCUT2D eigenvalue weighted by atomic mass is 10.2. The van der Waals surface area contributed by atoms with Gasteiger partial charge in [-0.1, -0.05) is 22.0 Å². The minimum absolute atomic E-state index is 0.197. The summed E-state index contributed by atoms with van der Waals surface area (Å²) in [5, 5.41) is 4.58. The first kappa shape index (κ1) is 15.7. The smallest absolute Gasteiger partial charge is 0.311 e. The molecule has 0 spiro atoms. The molecule has 0 saturated carbocycles. The molecule has 0 aliphatic heterocycles. The van der Waals surface area contributed by atoms with Gasteiger partial charge < -0.3 is 10.1 Å². The van der Waals surface area contributed by atoms with Crippen molar-refractivity contribution in [2.24, 2.45) is 0 Å². The molecule has 1 aromatic heterocycles. The van der Waals surface area contributed by atoms with Gasteiger partial charge in [-0.05, 0) is 42.1 Å². The van der Waals surface area contributed by atoms with Crippen LogP contribution in [0.2, 0.25) is 0 Å². The zero-order valence-electron chi connectivity index (χ0n) is 11.4. The third kappa shape index (κ3) is 4.99. The van der Waals surface area contributed by atoms with Crippen LogP contribution in [0.1, 0.15) is 10.4 Å². The lowest BCUT2D eigenvalue weighted by Gasteiger charge is -2.07. The SMILES string of the molecule is Cc1cc(NC(=O)COC(=O)Cc2cccs2)ccc1Br. The van der Waals surface area contributed by atoms with Crippen molar-refractivity contribution in [2.45, 2.75) is 13.3 Å². The molecule has 21 heavy (non-hydrogen) atoms. The number of thiophene rings is 1. The molecule has 1 aromatic carbocycles. The largest absolute Gasteiger partial charge is 0.455 e. The van der Waals surface area contributed by atoms with Crippen molar-refractivity contribution >= 4 is 44.8 Å². The number of aryl methyl sites for hydroxylation is 1. The van der Waals surface area contributed by atoms with E-state index in [-0.39, 0.29) is 18.9 Å². The van der Waals surface area contributed by atoms with Crippen molar-refractivity contribution in [2.75, 3.05) is 11.9 Å². The van der Waals surface area contributed by atoms with Crippen LogP contribution in [0.4, 0.5) is 5.69 Å². The molecule has 2 rings (SSSR count). The van der Waals surface area contributed by atoms with Gasteiger partial charge in [0.25, 0.3) is 5.91 Å². The number of carbonyl (C=O) groups is 2. The minimum Gasteiger partial charge on any atom is -0.455 e. The van der Waals surface area contributed by atoms with Gasteiger partial charge in [-0.3, -0.25) is 9.59 Å². The Balaban J connectivity index is 1.79. The Morgan fingerprint density at radius 1 is 1.33 bits per heavy atom. The maximum atomic E-state index is 11.7. The van der Waals surface area contributed by atoms with E-state index in [9.17, 15) is 9.59 Å². The van der Waals surface area contributed by atoms with E-state index in [1.54, 1.807) is 6.07 Å². The van der Waals surface area contributed by atoms with Crippen molar-refractivity contribution in [1.29, 1.82) is 0 Å². The Labute approximate surface area is 135 Å². The number of hydrogen-bond donors (Lipinski definition) is 1. The average Bonchev–Trinajstić information content (AvgIpc) is 2.93. The van der Waals surface area contributed by atoms with Gasteiger partial charge >= 0.3 is 5.97 Å². The van der Waals surface area contributed by atoms with Crippen LogP contribution in [0, 0.1) is 6.92 Å². The van der Waals surface area contributed by atoms with E-state index in [0.717, 1.165) is 14.9 Å². The van der Waals surface area contributed by atoms with Gasteiger partial charge in [0.05, 0.1) is 6.42 Å². The Bertz CT molecular complexity index is 640. The second-order valence-electron chi connectivity index (χ2n) is 4.43. The molecule has 0 aliphatic rings. The van der Waals surface area contributed by atoms with E-state index in [1.807, 2.05) is 36.6 Å². The van der Waals surface area contributed by atoms with Crippen molar-refractivity contribution < 1.29 is 14.3 Å². The molecule has 0 atom stereocenters. The predicted molar refractivity (Wildman–Crippen MR) is 86.5 cm³/mol. The molecule has 4 nitrogen and oxygen atoms in total. The zero-order valence-corrected chi connectivity index (χ0v) is 13.8. The van der Waals surface area contributed by atoms with E-state index >= 15 is 0 Å². The Morgan fingerprint density at radius 2 is 2.14 bits per heavy atom. The summed E-state index contributed by atoms with van der Waals surface area (Å²) in [6, 6.07) is 9.21. The normalized spacial score (nSPS) is 10.2. The molecule has 110 valence electrons. The molecular formula is C15H14BrNO3S. The number of carbonyl (C=O) groups excluding carboxylic acids is 2. The summed E-state index contributed by atoms with van der Waals surface area (Å²) < 4.78 is 5.92. The van der Waals surface area contributed by atoms with E-state index < -0.39 is 5.97 Å². The molecule has 1 amide bonds. The number of nitrogens with one attached hydrogen (secondary N) is 1. The molecule has 0 saturated heterocycles. The standard InChI is InChI=1S/C15H14BrNO3S/c1-10-7-11(4-5-13(10)16)17-14(18)9-20-15(19)8-12-3-2-6-21-12/h2-7H,8-9H2,1H3,(H,17,18). The van der Waals surface area contributed by atoms with E-state index in [2.05, 4.69) is 21.2 Å². The van der Waals surface area contributed by atoms with Gasteiger partial charge in [0, 0.05) is 15.0 Å². The highest BCUT2D eigenvalue weighted by molar-refractivity contribution is 9.10. The maximum absolute atomic E-state index is 11.7. The van der Waals surface area contributed by atoms with Gasteiger partial charge in [-0.2, -0.15) is 0 Å². The Morgan fingerprint density at radius 3 is 2.81 bits per heavy atom. The van der Waals surface area contributed by atoms with Crippen LogP contribution in [-0.4, -0.2) is 18.5 Å². The first-order chi connectivity index (χ1) is 10.0. The first-order valence-corrected chi connectivity index (χ1v) is 7.96. The Hall–Kier alpha value is -1.66. The number of esters is 1. The second kappa shape index (κ2) is 7.38. The van der Waals surface area contributed by atoms with E-state index in [1.165, 1.54) is 11.3 Å². The maximum Gasteiger partial charge on any atom is 0.311 e. The van der Waals surface area contributed by atoms with Crippen LogP contribution in [0.5, 0.6) is 0 Å². The number of amides is 1. The number of halogens is 1. The fourth-order valence-electron chi connectivity index (χ4n) is 1.67. The molecule has 0 fully saturated rings. The van der Waals surface area contributed by atoms with Crippen molar-refractivity contribution in [1.82, 2.24) is 0 Å². The quantitative estimate of drug-likeness (QED) is 0.822. The van der Waals surface area contributed by atoms with Crippen molar-refractivity contribution in [3.05, 3.63) is 50.6 Å². The minimum atomic E-state index is -0.403. The summed E-state index contributed by atoms with van der Waals surface area (Å²) in [5.74, 6) is -0.754. The van der Waals surface area contributed by atoms with Crippen LogP contribution >= 0.6 is 27.3 Å². The van der Waals surface area contributed by atoms with Crippen LogP contribution < -0.4 is 5.32 Å². The van der Waals surface area contributed by atoms with Crippen LogP contribution in [0.3, 0.4) is 0 Å². The van der Waals surface area contributed by atoms with Crippen LogP contribution in [0.15, 0.2) is 40.2 Å². The molecule has 1 heterocycles. The fourth-order valence-corrected chi connectivity index (χ4v) is 2.61. The highest BCUT2D eigenvalue weighted by atomic mass is 79.9. The Kier molecular flexibility index (Phi) is 5.52. The summed E-state index contributed by atoms with van der Waals surface area (Å²) in [6.45, 7) is 1.65. The molecule has 0 unspecified atom stereocenters.